The van der Waals surface area contributed by atoms with E-state index in [-0.39, 0.29) is 5.82 Å². The first kappa shape index (κ1) is 12.6. The predicted molar refractivity (Wildman–Crippen MR) is 70.9 cm³/mol. The topological polar surface area (TPSA) is 32.3 Å². The van der Waals surface area contributed by atoms with Crippen molar-refractivity contribution in [3.05, 3.63) is 66.0 Å². The van der Waals surface area contributed by atoms with E-state index in [0.29, 0.717) is 12.1 Å². The fourth-order valence-corrected chi connectivity index (χ4v) is 1.74. The molecule has 0 aromatic heterocycles. The Kier molecular flexibility index (Phi) is 3.63. The van der Waals surface area contributed by atoms with E-state index >= 15 is 0 Å². The van der Waals surface area contributed by atoms with E-state index in [1.165, 1.54) is 12.1 Å². The Morgan fingerprint density at radius 1 is 1.06 bits per heavy atom. The van der Waals surface area contributed by atoms with Gasteiger partial charge in [0.25, 0.3) is 0 Å². The van der Waals surface area contributed by atoms with E-state index in [2.05, 4.69) is 5.32 Å². The summed E-state index contributed by atoms with van der Waals surface area (Å²) in [4.78, 5) is 0. The highest BCUT2D eigenvalue weighted by atomic mass is 19.1. The van der Waals surface area contributed by atoms with Crippen LogP contribution in [0.4, 0.5) is 10.1 Å². The number of benzene rings is 2. The van der Waals surface area contributed by atoms with Crippen molar-refractivity contribution >= 4 is 5.69 Å². The molecule has 94 valence electrons. The predicted octanol–water partition coefficient (Wildman–Crippen LogP) is 3.15. The van der Waals surface area contributed by atoms with Gasteiger partial charge in [-0.2, -0.15) is 0 Å². The number of hydrogen-bond donors (Lipinski definition) is 2. The Labute approximate surface area is 106 Å². The summed E-state index contributed by atoms with van der Waals surface area (Å²) in [6.45, 7) is 2.07. The summed E-state index contributed by atoms with van der Waals surface area (Å²) in [5.41, 5.74) is 0.594. The van der Waals surface area contributed by atoms with Gasteiger partial charge in [0.05, 0.1) is 0 Å². The summed E-state index contributed by atoms with van der Waals surface area (Å²) in [6.07, 6.45) is 0. The zero-order chi connectivity index (χ0) is 13.0. The Morgan fingerprint density at radius 2 is 1.67 bits per heavy atom. The molecule has 2 N–H and O–H groups in total. The summed E-state index contributed by atoms with van der Waals surface area (Å²) in [5, 5.41) is 13.5. The largest absolute Gasteiger partial charge is 0.384 e. The molecule has 0 aliphatic heterocycles. The number of hydrogen-bond acceptors (Lipinski definition) is 2. The van der Waals surface area contributed by atoms with Crippen molar-refractivity contribution in [2.75, 3.05) is 11.9 Å². The summed E-state index contributed by atoms with van der Waals surface area (Å²) in [6, 6.07) is 15.6. The van der Waals surface area contributed by atoms with E-state index in [9.17, 15) is 9.50 Å². The lowest BCUT2D eigenvalue weighted by atomic mass is 9.96. The van der Waals surface area contributed by atoms with Gasteiger partial charge < -0.3 is 10.4 Å². The lowest BCUT2D eigenvalue weighted by Crippen LogP contribution is -2.30. The molecule has 0 spiro atoms. The van der Waals surface area contributed by atoms with E-state index in [0.717, 1.165) is 5.69 Å². The Bertz CT molecular complexity index is 494. The van der Waals surface area contributed by atoms with Gasteiger partial charge in [0, 0.05) is 12.2 Å². The van der Waals surface area contributed by atoms with E-state index in [1.54, 1.807) is 19.1 Å². The maximum absolute atomic E-state index is 12.8. The molecule has 0 amide bonds. The number of aliphatic hydroxyl groups is 1. The molecule has 1 unspecified atom stereocenters. The van der Waals surface area contributed by atoms with Crippen LogP contribution in [-0.4, -0.2) is 11.7 Å². The van der Waals surface area contributed by atoms with E-state index in [1.807, 2.05) is 30.3 Å². The van der Waals surface area contributed by atoms with Crippen LogP contribution < -0.4 is 5.32 Å². The lowest BCUT2D eigenvalue weighted by molar-refractivity contribution is 0.0715. The monoisotopic (exact) mass is 245 g/mol. The molecule has 0 aliphatic rings. The van der Waals surface area contributed by atoms with Crippen LogP contribution in [0.3, 0.4) is 0 Å². The first-order valence-corrected chi connectivity index (χ1v) is 5.85. The summed E-state index contributed by atoms with van der Waals surface area (Å²) < 4.78 is 12.8. The number of nitrogens with one attached hydrogen (secondary N) is 1. The van der Waals surface area contributed by atoms with Gasteiger partial charge >= 0.3 is 0 Å². The molecule has 0 heterocycles. The SMILES string of the molecule is CC(O)(CNc1ccccc1)c1ccc(F)cc1. The molecule has 1 atom stereocenters. The molecule has 0 bridgehead atoms. The minimum Gasteiger partial charge on any atom is -0.384 e. The van der Waals surface area contributed by atoms with Crippen LogP contribution in [0.25, 0.3) is 0 Å². The number of para-hydroxylation sites is 1. The molecule has 2 aromatic rings. The first-order chi connectivity index (χ1) is 8.58. The van der Waals surface area contributed by atoms with E-state index in [4.69, 9.17) is 0 Å². The average molecular weight is 245 g/mol. The highest BCUT2D eigenvalue weighted by Crippen LogP contribution is 2.21. The second-order valence-corrected chi connectivity index (χ2v) is 4.50. The molecule has 18 heavy (non-hydrogen) atoms. The first-order valence-electron chi connectivity index (χ1n) is 5.85. The molecule has 0 fully saturated rings. The van der Waals surface area contributed by atoms with Crippen molar-refractivity contribution < 1.29 is 9.50 Å². The second-order valence-electron chi connectivity index (χ2n) is 4.50. The van der Waals surface area contributed by atoms with Gasteiger partial charge in [-0.3, -0.25) is 0 Å². The van der Waals surface area contributed by atoms with E-state index < -0.39 is 5.60 Å². The molecule has 2 aromatic carbocycles. The molecule has 2 rings (SSSR count). The maximum atomic E-state index is 12.8. The Morgan fingerprint density at radius 3 is 2.28 bits per heavy atom. The molecule has 0 aliphatic carbocycles. The zero-order valence-electron chi connectivity index (χ0n) is 10.2. The van der Waals surface area contributed by atoms with Gasteiger partial charge in [0.15, 0.2) is 0 Å². The number of halogens is 1. The molecular weight excluding hydrogens is 229 g/mol. The molecule has 0 saturated carbocycles. The quantitative estimate of drug-likeness (QED) is 0.867. The number of rotatable bonds is 4. The highest BCUT2D eigenvalue weighted by Gasteiger charge is 2.22. The molecule has 0 radical (unpaired) electrons. The molecule has 2 nitrogen and oxygen atoms in total. The molecular formula is C15H16FNO. The van der Waals surface area contributed by atoms with Gasteiger partial charge in [0.1, 0.15) is 11.4 Å². The maximum Gasteiger partial charge on any atom is 0.123 e. The van der Waals surface area contributed by atoms with Gasteiger partial charge in [-0.1, -0.05) is 30.3 Å². The van der Waals surface area contributed by atoms with Crippen molar-refractivity contribution in [3.8, 4) is 0 Å². The summed E-state index contributed by atoms with van der Waals surface area (Å²) in [7, 11) is 0. The third-order valence-electron chi connectivity index (χ3n) is 2.88. The van der Waals surface area contributed by atoms with Crippen molar-refractivity contribution in [3.63, 3.8) is 0 Å². The normalized spacial score (nSPS) is 13.9. The van der Waals surface area contributed by atoms with Crippen LogP contribution in [-0.2, 0) is 5.60 Å². The fraction of sp³-hybridized carbons (Fsp3) is 0.200. The van der Waals surface area contributed by atoms with Crippen LogP contribution >= 0.6 is 0 Å². The molecule has 0 saturated heterocycles. The second kappa shape index (κ2) is 5.19. The fourth-order valence-electron chi connectivity index (χ4n) is 1.74. The van der Waals surface area contributed by atoms with Gasteiger partial charge in [-0.15, -0.1) is 0 Å². The minimum absolute atomic E-state index is 0.300. The standard InChI is InChI=1S/C15H16FNO/c1-15(18,12-7-9-13(16)10-8-12)11-17-14-5-3-2-4-6-14/h2-10,17-18H,11H2,1H3. The minimum atomic E-state index is -1.04. The average Bonchev–Trinajstić information content (AvgIpc) is 2.38. The van der Waals surface area contributed by atoms with Gasteiger partial charge in [0.2, 0.25) is 0 Å². The van der Waals surface area contributed by atoms with Crippen molar-refractivity contribution in [2.45, 2.75) is 12.5 Å². The number of anilines is 1. The van der Waals surface area contributed by atoms with Crippen LogP contribution in [0.15, 0.2) is 54.6 Å². The smallest absolute Gasteiger partial charge is 0.123 e. The summed E-state index contributed by atoms with van der Waals surface area (Å²) in [5.74, 6) is -0.300. The van der Waals surface area contributed by atoms with Gasteiger partial charge in [-0.05, 0) is 36.8 Å². The van der Waals surface area contributed by atoms with Crippen LogP contribution in [0, 0.1) is 5.82 Å². The highest BCUT2D eigenvalue weighted by molar-refractivity contribution is 5.43. The third kappa shape index (κ3) is 3.08. The van der Waals surface area contributed by atoms with Crippen molar-refractivity contribution in [1.82, 2.24) is 0 Å². The molecule has 3 heteroatoms. The van der Waals surface area contributed by atoms with Gasteiger partial charge in [-0.25, -0.2) is 4.39 Å². The lowest BCUT2D eigenvalue weighted by Gasteiger charge is -2.24. The van der Waals surface area contributed by atoms with Crippen molar-refractivity contribution in [2.24, 2.45) is 0 Å². The third-order valence-corrected chi connectivity index (χ3v) is 2.88. The van der Waals surface area contributed by atoms with Crippen LogP contribution in [0.1, 0.15) is 12.5 Å². The van der Waals surface area contributed by atoms with Crippen LogP contribution in [0.5, 0.6) is 0 Å². The Balaban J connectivity index is 2.05. The Hall–Kier alpha value is -1.87. The zero-order valence-corrected chi connectivity index (χ0v) is 10.2. The summed E-state index contributed by atoms with van der Waals surface area (Å²) >= 11 is 0. The van der Waals surface area contributed by atoms with Crippen LogP contribution in [0.2, 0.25) is 0 Å². The van der Waals surface area contributed by atoms with Crippen molar-refractivity contribution in [1.29, 1.82) is 0 Å².